The van der Waals surface area contributed by atoms with Crippen molar-refractivity contribution in [1.82, 2.24) is 4.90 Å². The Morgan fingerprint density at radius 2 is 1.76 bits per heavy atom. The molecule has 1 amide bonds. The minimum atomic E-state index is 0.00416. The van der Waals surface area contributed by atoms with Gasteiger partial charge in [0.1, 0.15) is 0 Å². The van der Waals surface area contributed by atoms with Gasteiger partial charge in [-0.2, -0.15) is 0 Å². The Labute approximate surface area is 126 Å². The van der Waals surface area contributed by atoms with E-state index in [0.29, 0.717) is 11.1 Å². The molecule has 0 heterocycles. The van der Waals surface area contributed by atoms with Crippen molar-refractivity contribution in [3.63, 3.8) is 0 Å². The second kappa shape index (κ2) is 9.00. The molecule has 0 aliphatic heterocycles. The Bertz CT molecular complexity index is 478. The molecule has 0 atom stereocenters. The van der Waals surface area contributed by atoms with Crippen molar-refractivity contribution in [2.45, 2.75) is 39.5 Å². The smallest absolute Gasteiger partial charge is 0.253 e. The number of benzene rings is 1. The van der Waals surface area contributed by atoms with Gasteiger partial charge in [0.15, 0.2) is 5.84 Å². The number of nitrogens with zero attached hydrogens (tertiary/aromatic N) is 2. The minimum Gasteiger partial charge on any atom is -0.409 e. The molecule has 1 aromatic carbocycles. The highest BCUT2D eigenvalue weighted by Crippen LogP contribution is 2.11. The summed E-state index contributed by atoms with van der Waals surface area (Å²) in [7, 11) is 0. The van der Waals surface area contributed by atoms with Crippen LogP contribution in [0.1, 0.15) is 55.5 Å². The highest BCUT2D eigenvalue weighted by atomic mass is 16.4. The highest BCUT2D eigenvalue weighted by molar-refractivity contribution is 6.01. The summed E-state index contributed by atoms with van der Waals surface area (Å²) in [5, 5.41) is 11.7. The number of hydrogen-bond donors (Lipinski definition) is 2. The average Bonchev–Trinajstić information content (AvgIpc) is 2.53. The molecule has 0 aliphatic carbocycles. The van der Waals surface area contributed by atoms with Gasteiger partial charge in [0.2, 0.25) is 0 Å². The van der Waals surface area contributed by atoms with Crippen molar-refractivity contribution in [2.24, 2.45) is 10.9 Å². The summed E-state index contributed by atoms with van der Waals surface area (Å²) in [6.07, 6.45) is 4.10. The number of oxime groups is 1. The van der Waals surface area contributed by atoms with E-state index in [2.05, 4.69) is 19.0 Å². The van der Waals surface area contributed by atoms with Crippen LogP contribution >= 0.6 is 0 Å². The van der Waals surface area contributed by atoms with Gasteiger partial charge in [-0.25, -0.2) is 0 Å². The fourth-order valence-corrected chi connectivity index (χ4v) is 2.06. The summed E-state index contributed by atoms with van der Waals surface area (Å²) in [4.78, 5) is 14.5. The average molecular weight is 291 g/mol. The fraction of sp³-hybridized carbons (Fsp3) is 0.500. The second-order valence-corrected chi connectivity index (χ2v) is 5.07. The monoisotopic (exact) mass is 291 g/mol. The van der Waals surface area contributed by atoms with E-state index in [-0.39, 0.29) is 11.7 Å². The first-order chi connectivity index (χ1) is 10.1. The van der Waals surface area contributed by atoms with Gasteiger partial charge in [-0.1, -0.05) is 44.0 Å². The van der Waals surface area contributed by atoms with Crippen LogP contribution in [0.15, 0.2) is 29.4 Å². The molecule has 0 unspecified atom stereocenters. The summed E-state index contributed by atoms with van der Waals surface area (Å²) in [6, 6.07) is 6.90. The van der Waals surface area contributed by atoms with Crippen molar-refractivity contribution in [3.8, 4) is 0 Å². The molecule has 1 rings (SSSR count). The zero-order valence-corrected chi connectivity index (χ0v) is 12.9. The molecule has 5 nitrogen and oxygen atoms in total. The molecule has 0 aliphatic rings. The van der Waals surface area contributed by atoms with Gasteiger partial charge >= 0.3 is 0 Å². The van der Waals surface area contributed by atoms with Gasteiger partial charge in [0, 0.05) is 24.2 Å². The van der Waals surface area contributed by atoms with Crippen molar-refractivity contribution in [3.05, 3.63) is 35.4 Å². The van der Waals surface area contributed by atoms with Gasteiger partial charge in [0.05, 0.1) is 0 Å². The van der Waals surface area contributed by atoms with Crippen LogP contribution in [0.25, 0.3) is 0 Å². The van der Waals surface area contributed by atoms with Gasteiger partial charge in [-0.05, 0) is 25.0 Å². The van der Waals surface area contributed by atoms with Crippen LogP contribution in [0.3, 0.4) is 0 Å². The molecule has 0 aromatic heterocycles. The van der Waals surface area contributed by atoms with Crippen molar-refractivity contribution >= 4 is 11.7 Å². The van der Waals surface area contributed by atoms with Gasteiger partial charge in [-0.15, -0.1) is 0 Å². The molecule has 0 spiro atoms. The third kappa shape index (κ3) is 5.10. The maximum absolute atomic E-state index is 12.6. The molecule has 0 bridgehead atoms. The zero-order chi connectivity index (χ0) is 15.7. The molecule has 21 heavy (non-hydrogen) atoms. The molecule has 116 valence electrons. The van der Waals surface area contributed by atoms with Crippen LogP contribution < -0.4 is 5.73 Å². The van der Waals surface area contributed by atoms with E-state index in [1.807, 2.05) is 4.90 Å². The summed E-state index contributed by atoms with van der Waals surface area (Å²) in [5.41, 5.74) is 6.70. The number of carbonyl (C=O) groups excluding carboxylic acids is 1. The summed E-state index contributed by atoms with van der Waals surface area (Å²) in [5.74, 6) is 0.0165. The topological polar surface area (TPSA) is 78.9 Å². The molecule has 0 fully saturated rings. The van der Waals surface area contributed by atoms with E-state index in [9.17, 15) is 4.79 Å². The first kappa shape index (κ1) is 17.0. The Morgan fingerprint density at radius 3 is 2.29 bits per heavy atom. The zero-order valence-electron chi connectivity index (χ0n) is 12.9. The van der Waals surface area contributed by atoms with Crippen LogP contribution in [0, 0.1) is 0 Å². The first-order valence-electron chi connectivity index (χ1n) is 7.51. The van der Waals surface area contributed by atoms with Gasteiger partial charge < -0.3 is 15.8 Å². The normalized spacial score (nSPS) is 11.4. The predicted octanol–water partition coefficient (Wildman–Crippen LogP) is 2.82. The van der Waals surface area contributed by atoms with Crippen molar-refractivity contribution < 1.29 is 10.0 Å². The Hall–Kier alpha value is -2.04. The number of amidine groups is 1. The van der Waals surface area contributed by atoms with Crippen LogP contribution in [0.2, 0.25) is 0 Å². The number of hydrogen-bond acceptors (Lipinski definition) is 3. The van der Waals surface area contributed by atoms with Crippen molar-refractivity contribution in [1.29, 1.82) is 0 Å². The maximum atomic E-state index is 12.6. The van der Waals surface area contributed by atoms with Crippen molar-refractivity contribution in [2.75, 3.05) is 13.1 Å². The second-order valence-electron chi connectivity index (χ2n) is 5.07. The molecular weight excluding hydrogens is 266 g/mol. The van der Waals surface area contributed by atoms with Gasteiger partial charge in [0.25, 0.3) is 5.91 Å². The molecule has 0 radical (unpaired) electrons. The number of nitrogens with two attached hydrogens (primary N) is 1. The van der Waals surface area contributed by atoms with E-state index in [0.717, 1.165) is 38.8 Å². The molecule has 0 saturated heterocycles. The number of unbranched alkanes of at least 4 members (excludes halogenated alkanes) is 2. The molecule has 5 heteroatoms. The summed E-state index contributed by atoms with van der Waals surface area (Å²) >= 11 is 0. The van der Waals surface area contributed by atoms with E-state index in [4.69, 9.17) is 10.9 Å². The lowest BCUT2D eigenvalue weighted by atomic mass is 10.1. The third-order valence-electron chi connectivity index (χ3n) is 3.36. The van der Waals surface area contributed by atoms with Crippen LogP contribution in [-0.2, 0) is 0 Å². The largest absolute Gasteiger partial charge is 0.409 e. The van der Waals surface area contributed by atoms with E-state index < -0.39 is 0 Å². The molecule has 1 aromatic rings. The number of amides is 1. The quantitative estimate of drug-likeness (QED) is 0.334. The van der Waals surface area contributed by atoms with Crippen LogP contribution in [0.4, 0.5) is 0 Å². The van der Waals surface area contributed by atoms with E-state index >= 15 is 0 Å². The van der Waals surface area contributed by atoms with Gasteiger partial charge in [-0.3, -0.25) is 4.79 Å². The third-order valence-corrected chi connectivity index (χ3v) is 3.36. The van der Waals surface area contributed by atoms with Crippen LogP contribution in [0.5, 0.6) is 0 Å². The summed E-state index contributed by atoms with van der Waals surface area (Å²) in [6.45, 7) is 5.76. The summed E-state index contributed by atoms with van der Waals surface area (Å²) < 4.78 is 0. The predicted molar refractivity (Wildman–Crippen MR) is 84.7 cm³/mol. The number of rotatable bonds is 8. The number of carbonyl (C=O) groups is 1. The standard InChI is InChI=1S/C16H25N3O2/c1-3-5-10-19(11-6-4-2)16(20)14-9-7-8-13(12-14)15(17)18-21/h7-9,12,21H,3-6,10-11H2,1-2H3,(H2,17,18). The Balaban J connectivity index is 2.91. The maximum Gasteiger partial charge on any atom is 0.253 e. The highest BCUT2D eigenvalue weighted by Gasteiger charge is 2.15. The molecule has 3 N–H and O–H groups in total. The lowest BCUT2D eigenvalue weighted by molar-refractivity contribution is 0.0751. The Kier molecular flexibility index (Phi) is 7.29. The molecule has 0 saturated carbocycles. The minimum absolute atomic E-state index is 0.00416. The van der Waals surface area contributed by atoms with E-state index in [1.165, 1.54) is 0 Å². The van der Waals surface area contributed by atoms with Crippen LogP contribution in [-0.4, -0.2) is 34.9 Å². The SMILES string of the molecule is CCCCN(CCCC)C(=O)c1cccc(/C(N)=N/O)c1. The Morgan fingerprint density at radius 1 is 1.19 bits per heavy atom. The first-order valence-corrected chi connectivity index (χ1v) is 7.51. The van der Waals surface area contributed by atoms with E-state index in [1.54, 1.807) is 24.3 Å². The lowest BCUT2D eigenvalue weighted by Crippen LogP contribution is -2.33. The fourth-order valence-electron chi connectivity index (χ4n) is 2.06. The molecular formula is C16H25N3O2. The lowest BCUT2D eigenvalue weighted by Gasteiger charge is -2.22.